The summed E-state index contributed by atoms with van der Waals surface area (Å²) >= 11 is 0. The van der Waals surface area contributed by atoms with Crippen molar-refractivity contribution < 1.29 is 28.6 Å². The number of benzene rings is 1. The zero-order chi connectivity index (χ0) is 13.7. The number of carbonyl (C=O) groups excluding carboxylic acids is 1. The zero-order valence-electron chi connectivity index (χ0n) is 8.98. The molecule has 0 saturated carbocycles. The molecule has 0 radical (unpaired) electrons. The maximum Gasteiger partial charge on any atom is 0.328 e. The predicted octanol–water partition coefficient (Wildman–Crippen LogP) is 0.532. The highest BCUT2D eigenvalue weighted by Gasteiger charge is 2.19. The number of hydrogen-bond acceptors (Lipinski definition) is 3. The molecule has 2 amide bonds. The van der Waals surface area contributed by atoms with Crippen LogP contribution in [0.25, 0.3) is 0 Å². The highest BCUT2D eigenvalue weighted by atomic mass is 19.1. The van der Waals surface area contributed by atoms with Crippen molar-refractivity contribution in [3.8, 4) is 0 Å². The highest BCUT2D eigenvalue weighted by Crippen LogP contribution is 2.14. The molecule has 18 heavy (non-hydrogen) atoms. The lowest BCUT2D eigenvalue weighted by Gasteiger charge is -2.12. The Morgan fingerprint density at radius 1 is 1.33 bits per heavy atom. The van der Waals surface area contributed by atoms with E-state index in [0.29, 0.717) is 0 Å². The Labute approximate surface area is 100 Å². The number of carboxylic acid groups (broad SMARTS) is 1. The molecule has 0 aromatic heterocycles. The number of halogens is 2. The standard InChI is InChI=1S/C10H10F2N2O4/c11-5-1-2-6(12)7(3-5)13-10(18)14-8(4-15)9(16)17/h1-3,8,15H,4H2,(H,16,17)(H2,13,14,18)/t8-/m0/s1. The van der Waals surface area contributed by atoms with Gasteiger partial charge in [0.15, 0.2) is 6.04 Å². The third kappa shape index (κ3) is 3.67. The Bertz CT molecular complexity index is 467. The number of nitrogens with one attached hydrogen (secondary N) is 2. The van der Waals surface area contributed by atoms with Crippen LogP contribution in [0.5, 0.6) is 0 Å². The van der Waals surface area contributed by atoms with Crippen molar-refractivity contribution in [2.75, 3.05) is 11.9 Å². The van der Waals surface area contributed by atoms with E-state index in [-0.39, 0.29) is 0 Å². The van der Waals surface area contributed by atoms with Crippen LogP contribution in [-0.4, -0.2) is 34.9 Å². The van der Waals surface area contributed by atoms with Gasteiger partial charge in [0.1, 0.15) is 11.6 Å². The summed E-state index contributed by atoms with van der Waals surface area (Å²) in [5.41, 5.74) is -0.436. The van der Waals surface area contributed by atoms with Crippen LogP contribution in [0.3, 0.4) is 0 Å². The third-order valence-corrected chi connectivity index (χ3v) is 1.96. The van der Waals surface area contributed by atoms with Gasteiger partial charge in [0.05, 0.1) is 12.3 Å². The molecule has 0 aliphatic rings. The molecule has 4 N–H and O–H groups in total. The van der Waals surface area contributed by atoms with E-state index in [1.54, 1.807) is 0 Å². The van der Waals surface area contributed by atoms with Gasteiger partial charge in [-0.1, -0.05) is 0 Å². The molecule has 1 atom stereocenters. The van der Waals surface area contributed by atoms with Gasteiger partial charge in [0, 0.05) is 6.07 Å². The minimum Gasteiger partial charge on any atom is -0.480 e. The van der Waals surface area contributed by atoms with E-state index in [1.807, 2.05) is 10.6 Å². The van der Waals surface area contributed by atoms with Crippen molar-refractivity contribution in [1.82, 2.24) is 5.32 Å². The summed E-state index contributed by atoms with van der Waals surface area (Å²) < 4.78 is 25.9. The first-order valence-corrected chi connectivity index (χ1v) is 4.80. The SMILES string of the molecule is O=C(Nc1cc(F)ccc1F)N[C@@H](CO)C(=O)O. The predicted molar refractivity (Wildman–Crippen MR) is 57.0 cm³/mol. The summed E-state index contributed by atoms with van der Waals surface area (Å²) in [5.74, 6) is -3.08. The van der Waals surface area contributed by atoms with Gasteiger partial charge in [-0.2, -0.15) is 0 Å². The Morgan fingerprint density at radius 3 is 2.56 bits per heavy atom. The molecule has 0 unspecified atom stereocenters. The Morgan fingerprint density at radius 2 is 2.00 bits per heavy atom. The van der Waals surface area contributed by atoms with Gasteiger partial charge < -0.3 is 20.8 Å². The number of urea groups is 1. The van der Waals surface area contributed by atoms with E-state index in [9.17, 15) is 18.4 Å². The molecule has 98 valence electrons. The topological polar surface area (TPSA) is 98.7 Å². The number of aliphatic hydroxyl groups excluding tert-OH is 1. The fourth-order valence-corrected chi connectivity index (χ4v) is 1.10. The molecular weight excluding hydrogens is 250 g/mol. The van der Waals surface area contributed by atoms with Crippen molar-refractivity contribution in [2.24, 2.45) is 0 Å². The summed E-state index contributed by atoms with van der Waals surface area (Å²) in [6.45, 7) is -0.825. The summed E-state index contributed by atoms with van der Waals surface area (Å²) in [6.07, 6.45) is 0. The van der Waals surface area contributed by atoms with Crippen molar-refractivity contribution in [1.29, 1.82) is 0 Å². The summed E-state index contributed by atoms with van der Waals surface area (Å²) in [6, 6.07) is -0.177. The van der Waals surface area contributed by atoms with Crippen LogP contribution in [-0.2, 0) is 4.79 Å². The molecule has 0 aliphatic carbocycles. The maximum atomic E-state index is 13.1. The van der Waals surface area contributed by atoms with E-state index in [4.69, 9.17) is 10.2 Å². The van der Waals surface area contributed by atoms with Crippen LogP contribution in [0.15, 0.2) is 18.2 Å². The lowest BCUT2D eigenvalue weighted by Crippen LogP contribution is -2.45. The summed E-state index contributed by atoms with van der Waals surface area (Å²) in [5, 5.41) is 21.0. The second-order valence-corrected chi connectivity index (χ2v) is 3.30. The first kappa shape index (κ1) is 13.8. The minimum atomic E-state index is -1.53. The number of carbonyl (C=O) groups is 2. The Hall–Kier alpha value is -2.22. The Kier molecular flexibility index (Phi) is 4.55. The molecule has 8 heteroatoms. The van der Waals surface area contributed by atoms with Crippen LogP contribution in [0.1, 0.15) is 0 Å². The number of rotatable bonds is 4. The molecule has 0 aliphatic heterocycles. The number of anilines is 1. The smallest absolute Gasteiger partial charge is 0.328 e. The molecule has 0 spiro atoms. The van der Waals surface area contributed by atoms with Gasteiger partial charge in [-0.3, -0.25) is 0 Å². The van der Waals surface area contributed by atoms with E-state index < -0.39 is 42.0 Å². The molecule has 0 heterocycles. The van der Waals surface area contributed by atoms with Gasteiger partial charge in [-0.05, 0) is 12.1 Å². The minimum absolute atomic E-state index is 0.436. The van der Waals surface area contributed by atoms with E-state index in [0.717, 1.165) is 18.2 Å². The molecular formula is C10H10F2N2O4. The molecule has 1 aromatic rings. The number of hydrogen-bond donors (Lipinski definition) is 4. The van der Waals surface area contributed by atoms with Crippen LogP contribution in [0.4, 0.5) is 19.3 Å². The van der Waals surface area contributed by atoms with Crippen molar-refractivity contribution in [3.63, 3.8) is 0 Å². The van der Waals surface area contributed by atoms with Gasteiger partial charge in [-0.25, -0.2) is 18.4 Å². The average molecular weight is 260 g/mol. The zero-order valence-corrected chi connectivity index (χ0v) is 8.98. The van der Waals surface area contributed by atoms with E-state index >= 15 is 0 Å². The van der Waals surface area contributed by atoms with Crippen LogP contribution >= 0.6 is 0 Å². The summed E-state index contributed by atoms with van der Waals surface area (Å²) in [4.78, 5) is 21.8. The Balaban J connectivity index is 2.70. The van der Waals surface area contributed by atoms with Crippen molar-refractivity contribution in [2.45, 2.75) is 6.04 Å². The molecule has 6 nitrogen and oxygen atoms in total. The van der Waals surface area contributed by atoms with Gasteiger partial charge >= 0.3 is 12.0 Å². The fourth-order valence-electron chi connectivity index (χ4n) is 1.10. The third-order valence-electron chi connectivity index (χ3n) is 1.96. The van der Waals surface area contributed by atoms with Gasteiger partial charge in [0.2, 0.25) is 0 Å². The quantitative estimate of drug-likeness (QED) is 0.634. The number of amides is 2. The van der Waals surface area contributed by atoms with Crippen molar-refractivity contribution in [3.05, 3.63) is 29.8 Å². The largest absolute Gasteiger partial charge is 0.480 e. The van der Waals surface area contributed by atoms with Crippen LogP contribution in [0, 0.1) is 11.6 Å². The maximum absolute atomic E-state index is 13.1. The number of aliphatic hydroxyl groups is 1. The monoisotopic (exact) mass is 260 g/mol. The van der Waals surface area contributed by atoms with Crippen molar-refractivity contribution >= 4 is 17.7 Å². The highest BCUT2D eigenvalue weighted by molar-refractivity contribution is 5.92. The van der Waals surface area contributed by atoms with Crippen LogP contribution < -0.4 is 10.6 Å². The molecule has 1 rings (SSSR count). The normalized spacial score (nSPS) is 11.7. The molecule has 0 fully saturated rings. The lowest BCUT2D eigenvalue weighted by atomic mass is 10.3. The van der Waals surface area contributed by atoms with E-state index in [1.165, 1.54) is 0 Å². The second-order valence-electron chi connectivity index (χ2n) is 3.30. The average Bonchev–Trinajstić information content (AvgIpc) is 2.30. The molecule has 1 aromatic carbocycles. The number of carboxylic acids is 1. The lowest BCUT2D eigenvalue weighted by molar-refractivity contribution is -0.140. The van der Waals surface area contributed by atoms with Gasteiger partial charge in [-0.15, -0.1) is 0 Å². The first-order chi connectivity index (χ1) is 8.43. The van der Waals surface area contributed by atoms with Gasteiger partial charge in [0.25, 0.3) is 0 Å². The molecule has 0 saturated heterocycles. The first-order valence-electron chi connectivity index (χ1n) is 4.80. The van der Waals surface area contributed by atoms with Crippen LogP contribution in [0.2, 0.25) is 0 Å². The fraction of sp³-hybridized carbons (Fsp3) is 0.200. The number of aliphatic carboxylic acids is 1. The second kappa shape index (κ2) is 5.92. The van der Waals surface area contributed by atoms with E-state index in [2.05, 4.69) is 0 Å². The summed E-state index contributed by atoms with van der Waals surface area (Å²) in [7, 11) is 0. The molecule has 0 bridgehead atoms.